The Morgan fingerprint density at radius 1 is 0.889 bits per heavy atom. The van der Waals surface area contributed by atoms with Gasteiger partial charge < -0.3 is 0 Å². The minimum absolute atomic E-state index is 0.173. The normalized spacial score (nSPS) is 12.7. The van der Waals surface area contributed by atoms with Gasteiger partial charge in [-0.25, -0.2) is 0 Å². The molecule has 18 heavy (non-hydrogen) atoms. The van der Waals surface area contributed by atoms with E-state index in [4.69, 9.17) is 0 Å². The predicted octanol–water partition coefficient (Wildman–Crippen LogP) is 6.56. The summed E-state index contributed by atoms with van der Waals surface area (Å²) >= 11 is 14.3. The van der Waals surface area contributed by atoms with E-state index in [-0.39, 0.29) is 4.83 Å². The lowest BCUT2D eigenvalue weighted by Crippen LogP contribution is -1.96. The third kappa shape index (κ3) is 3.27. The molecule has 0 spiro atoms. The second-order valence-electron chi connectivity index (χ2n) is 3.74. The minimum Gasteiger partial charge on any atom is -0.0786 e. The van der Waals surface area contributed by atoms with Gasteiger partial charge in [0.15, 0.2) is 0 Å². The molecule has 0 N–H and O–H groups in total. The summed E-state index contributed by atoms with van der Waals surface area (Å²) in [5, 5.41) is 0. The van der Waals surface area contributed by atoms with Crippen LogP contribution in [-0.2, 0) is 0 Å². The van der Waals surface area contributed by atoms with E-state index in [0.717, 1.165) is 13.8 Å². The lowest BCUT2D eigenvalue weighted by Gasteiger charge is -2.15. The lowest BCUT2D eigenvalue weighted by molar-refractivity contribution is 1.16. The number of halogens is 4. The van der Waals surface area contributed by atoms with Gasteiger partial charge in [0.2, 0.25) is 0 Å². The Morgan fingerprint density at radius 3 is 2.17 bits per heavy atom. The fourth-order valence-corrected chi connectivity index (χ4v) is 4.57. The van der Waals surface area contributed by atoms with Crippen molar-refractivity contribution < 1.29 is 0 Å². The van der Waals surface area contributed by atoms with Crippen molar-refractivity contribution in [2.45, 2.75) is 4.83 Å². The molecule has 0 saturated heterocycles. The molecular weight excluding hydrogens is 488 g/mol. The van der Waals surface area contributed by atoms with Crippen LogP contribution in [0.25, 0.3) is 0 Å². The lowest BCUT2D eigenvalue weighted by atomic mass is 10.0. The van der Waals surface area contributed by atoms with Gasteiger partial charge in [-0.3, -0.25) is 0 Å². The van der Waals surface area contributed by atoms with Crippen molar-refractivity contribution in [1.29, 1.82) is 0 Å². The molecule has 1 radical (unpaired) electrons. The summed E-state index contributed by atoms with van der Waals surface area (Å²) in [6.07, 6.45) is 0. The van der Waals surface area contributed by atoms with Gasteiger partial charge in [0.05, 0.1) is 4.83 Å². The molecule has 1 atom stereocenters. The molecule has 0 amide bonds. The zero-order chi connectivity index (χ0) is 13.1. The van der Waals surface area contributed by atoms with E-state index in [0.29, 0.717) is 0 Å². The van der Waals surface area contributed by atoms with Crippen LogP contribution in [0, 0.1) is 3.74 Å². The summed E-state index contributed by atoms with van der Waals surface area (Å²) in [6, 6.07) is 16.6. The van der Waals surface area contributed by atoms with Crippen molar-refractivity contribution in [2.75, 3.05) is 0 Å². The minimum atomic E-state index is 0.173. The maximum Gasteiger partial charge on any atom is 0.135 e. The van der Waals surface area contributed by atoms with Gasteiger partial charge >= 0.3 is 0 Å². The smallest absolute Gasteiger partial charge is 0.0786 e. The molecule has 0 fully saturated rings. The van der Waals surface area contributed by atoms with E-state index in [1.807, 2.05) is 18.2 Å². The van der Waals surface area contributed by atoms with Gasteiger partial charge in [-0.1, -0.05) is 112 Å². The fraction of sp³-hybridized carbons (Fsp3) is 0.0714. The molecule has 93 valence electrons. The third-order valence-corrected chi connectivity index (χ3v) is 5.36. The number of benzene rings is 2. The van der Waals surface area contributed by atoms with Crippen molar-refractivity contribution in [3.8, 4) is 0 Å². The van der Waals surface area contributed by atoms with Gasteiger partial charge in [-0.15, -0.1) is 0 Å². The molecule has 0 aliphatic rings. The van der Waals surface area contributed by atoms with E-state index >= 15 is 0 Å². The Bertz CT molecular complexity index is 523. The van der Waals surface area contributed by atoms with Crippen molar-refractivity contribution >= 4 is 63.7 Å². The van der Waals surface area contributed by atoms with Crippen LogP contribution in [0.5, 0.6) is 0 Å². The zero-order valence-electron chi connectivity index (χ0n) is 9.21. The Morgan fingerprint density at radius 2 is 1.56 bits per heavy atom. The van der Waals surface area contributed by atoms with E-state index in [2.05, 4.69) is 94.1 Å². The largest absolute Gasteiger partial charge is 0.135 e. The monoisotopic (exact) mass is 493 g/mol. The van der Waals surface area contributed by atoms with Crippen molar-refractivity contribution in [2.24, 2.45) is 0 Å². The Labute approximate surface area is 141 Å². The maximum absolute atomic E-state index is 3.76. The summed E-state index contributed by atoms with van der Waals surface area (Å²) in [4.78, 5) is 0.173. The highest BCUT2D eigenvalue weighted by atomic mass is 79.9. The van der Waals surface area contributed by atoms with Crippen LogP contribution in [0.3, 0.4) is 0 Å². The highest BCUT2D eigenvalue weighted by molar-refractivity contribution is 9.27. The summed E-state index contributed by atoms with van der Waals surface area (Å²) in [6.45, 7) is 0. The molecule has 0 heterocycles. The van der Waals surface area contributed by atoms with Gasteiger partial charge in [0.1, 0.15) is 3.74 Å². The van der Waals surface area contributed by atoms with Gasteiger partial charge in [-0.05, 0) is 16.7 Å². The Hall–Kier alpha value is 0.360. The molecule has 0 saturated carbocycles. The molecule has 0 bridgehead atoms. The molecule has 0 nitrogen and oxygen atoms in total. The predicted molar refractivity (Wildman–Crippen MR) is 91.6 cm³/mol. The van der Waals surface area contributed by atoms with Crippen LogP contribution in [0.1, 0.15) is 21.5 Å². The maximum atomic E-state index is 3.76. The van der Waals surface area contributed by atoms with E-state index < -0.39 is 0 Å². The van der Waals surface area contributed by atoms with Gasteiger partial charge in [0, 0.05) is 4.47 Å². The Kier molecular flexibility index (Phi) is 5.48. The first-order valence-corrected chi connectivity index (χ1v) is 8.56. The van der Waals surface area contributed by atoms with E-state index in [9.17, 15) is 0 Å². The van der Waals surface area contributed by atoms with Crippen LogP contribution in [0.4, 0.5) is 0 Å². The number of hydrogen-bond acceptors (Lipinski definition) is 0. The first kappa shape index (κ1) is 14.8. The third-order valence-electron chi connectivity index (χ3n) is 2.60. The van der Waals surface area contributed by atoms with E-state index in [1.165, 1.54) is 11.1 Å². The van der Waals surface area contributed by atoms with Gasteiger partial charge in [-0.2, -0.15) is 0 Å². The molecular formula is C14H9Br4. The molecule has 0 aliphatic heterocycles. The van der Waals surface area contributed by atoms with Crippen LogP contribution in [-0.4, -0.2) is 0 Å². The van der Waals surface area contributed by atoms with Gasteiger partial charge in [0.25, 0.3) is 0 Å². The van der Waals surface area contributed by atoms with Crippen LogP contribution in [0.2, 0.25) is 0 Å². The van der Waals surface area contributed by atoms with Crippen LogP contribution >= 0.6 is 63.7 Å². The van der Waals surface area contributed by atoms with Crippen LogP contribution < -0.4 is 0 Å². The zero-order valence-corrected chi connectivity index (χ0v) is 15.6. The average Bonchev–Trinajstić information content (AvgIpc) is 2.39. The molecule has 2 aromatic rings. The highest BCUT2D eigenvalue weighted by Crippen LogP contribution is 2.41. The summed E-state index contributed by atoms with van der Waals surface area (Å²) in [5.41, 5.74) is 3.55. The second kappa shape index (κ2) is 6.69. The van der Waals surface area contributed by atoms with Crippen molar-refractivity contribution in [3.05, 3.63) is 73.4 Å². The molecule has 0 aromatic heterocycles. The number of hydrogen-bond donors (Lipinski definition) is 0. The SMILES string of the molecule is Br[C](Br)c1cccc(C(Br)c2ccccc2)c1Br. The summed E-state index contributed by atoms with van der Waals surface area (Å²) in [5.74, 6) is 0. The summed E-state index contributed by atoms with van der Waals surface area (Å²) in [7, 11) is 0. The topological polar surface area (TPSA) is 0 Å². The number of alkyl halides is 1. The number of rotatable bonds is 3. The fourth-order valence-electron chi connectivity index (χ4n) is 1.69. The average molecular weight is 497 g/mol. The van der Waals surface area contributed by atoms with Crippen molar-refractivity contribution in [3.63, 3.8) is 0 Å². The van der Waals surface area contributed by atoms with Crippen LogP contribution in [0.15, 0.2) is 53.0 Å². The first-order chi connectivity index (χ1) is 8.61. The first-order valence-electron chi connectivity index (χ1n) is 5.27. The molecule has 1 unspecified atom stereocenters. The molecule has 0 aliphatic carbocycles. The van der Waals surface area contributed by atoms with Crippen molar-refractivity contribution in [1.82, 2.24) is 0 Å². The second-order valence-corrected chi connectivity index (χ2v) is 8.10. The van der Waals surface area contributed by atoms with E-state index in [1.54, 1.807) is 0 Å². The highest BCUT2D eigenvalue weighted by Gasteiger charge is 2.17. The standard InChI is InChI=1S/C14H9Br4/c15-12(9-5-2-1-3-6-9)10-7-4-8-11(13(10)16)14(17)18/h1-8,12H. The molecule has 2 aromatic carbocycles. The molecule has 2 rings (SSSR count). The summed E-state index contributed by atoms with van der Waals surface area (Å²) < 4.78 is 2.02. The Balaban J connectivity index is 2.43. The quantitative estimate of drug-likeness (QED) is 0.422. The molecule has 4 heteroatoms.